The van der Waals surface area contributed by atoms with Crippen LogP contribution in [0.4, 0.5) is 17.5 Å². The Labute approximate surface area is 210 Å². The van der Waals surface area contributed by atoms with Crippen LogP contribution in [0.1, 0.15) is 10.4 Å². The van der Waals surface area contributed by atoms with Crippen molar-refractivity contribution < 1.29 is 9.53 Å². The van der Waals surface area contributed by atoms with E-state index < -0.39 is 0 Å². The highest BCUT2D eigenvalue weighted by Crippen LogP contribution is 2.26. The van der Waals surface area contributed by atoms with Gasteiger partial charge >= 0.3 is 0 Å². The first-order valence-electron chi connectivity index (χ1n) is 11.9. The lowest BCUT2D eigenvalue weighted by Crippen LogP contribution is -2.47. The van der Waals surface area contributed by atoms with Crippen molar-refractivity contribution in [3.8, 4) is 22.8 Å². The fraction of sp³-hybridized carbons (Fsp3) is 0.179. The number of nitrogen functional groups attached to an aromatic ring is 1. The molecule has 8 heteroatoms. The third-order valence-corrected chi connectivity index (χ3v) is 6.07. The molecule has 2 heterocycles. The van der Waals surface area contributed by atoms with Crippen molar-refractivity contribution in [2.24, 2.45) is 0 Å². The number of aromatic nitrogens is 2. The zero-order chi connectivity index (χ0) is 24.9. The lowest BCUT2D eigenvalue weighted by Gasteiger charge is -2.32. The van der Waals surface area contributed by atoms with Crippen molar-refractivity contribution in [2.45, 2.75) is 0 Å². The van der Waals surface area contributed by atoms with Gasteiger partial charge in [0.1, 0.15) is 17.3 Å². The van der Waals surface area contributed by atoms with Crippen molar-refractivity contribution in [2.75, 3.05) is 44.3 Å². The van der Waals surface area contributed by atoms with Gasteiger partial charge in [0.05, 0.1) is 5.69 Å². The number of nitrogens with two attached hydrogens (primary N) is 1. The summed E-state index contributed by atoms with van der Waals surface area (Å²) in [6.07, 6.45) is 0. The third-order valence-electron chi connectivity index (χ3n) is 6.07. The second kappa shape index (κ2) is 10.5. The minimum atomic E-state index is 0.0545. The van der Waals surface area contributed by atoms with Gasteiger partial charge in [-0.3, -0.25) is 4.79 Å². The maximum absolute atomic E-state index is 12.8. The molecule has 36 heavy (non-hydrogen) atoms. The molecule has 0 radical (unpaired) electrons. The highest BCUT2D eigenvalue weighted by atomic mass is 16.5. The number of ether oxygens (including phenoxy) is 1. The quantitative estimate of drug-likeness (QED) is 0.415. The number of nitrogens with zero attached hydrogens (tertiary/aromatic N) is 4. The highest BCUT2D eigenvalue weighted by Gasteiger charge is 2.20. The molecule has 1 aliphatic heterocycles. The van der Waals surface area contributed by atoms with E-state index in [9.17, 15) is 4.79 Å². The van der Waals surface area contributed by atoms with Gasteiger partial charge in [0.25, 0.3) is 5.91 Å². The first-order chi connectivity index (χ1) is 17.5. The van der Waals surface area contributed by atoms with Crippen molar-refractivity contribution >= 4 is 23.4 Å². The lowest BCUT2D eigenvalue weighted by atomic mass is 10.1. The Kier molecular flexibility index (Phi) is 6.77. The van der Waals surface area contributed by atoms with E-state index in [1.165, 1.54) is 0 Å². The number of hydrogen-bond donors (Lipinski definition) is 2. The maximum atomic E-state index is 12.8. The van der Waals surface area contributed by atoms with E-state index in [1.807, 2.05) is 89.8 Å². The number of amides is 1. The topological polar surface area (TPSA) is 96.6 Å². The van der Waals surface area contributed by atoms with Crippen molar-refractivity contribution in [1.82, 2.24) is 19.8 Å². The minimum Gasteiger partial charge on any atom is -0.457 e. The number of anilines is 3. The average Bonchev–Trinajstić information content (AvgIpc) is 2.90. The second-order valence-electron chi connectivity index (χ2n) is 8.73. The molecule has 0 bridgehead atoms. The van der Waals surface area contributed by atoms with Gasteiger partial charge in [0, 0.05) is 49.1 Å². The largest absolute Gasteiger partial charge is 0.457 e. The molecule has 1 aromatic heterocycles. The van der Waals surface area contributed by atoms with Crippen molar-refractivity contribution in [3.63, 3.8) is 0 Å². The van der Waals surface area contributed by atoms with Crippen LogP contribution >= 0.6 is 0 Å². The fourth-order valence-corrected chi connectivity index (χ4v) is 4.03. The zero-order valence-corrected chi connectivity index (χ0v) is 20.1. The van der Waals surface area contributed by atoms with E-state index in [-0.39, 0.29) is 11.9 Å². The molecule has 3 aromatic carbocycles. The molecule has 0 unspecified atom stereocenters. The van der Waals surface area contributed by atoms with Crippen LogP contribution < -0.4 is 15.8 Å². The molecule has 5 rings (SSSR count). The Hall–Kier alpha value is -4.43. The predicted octanol–water partition coefficient (Wildman–Crippen LogP) is 4.65. The Morgan fingerprint density at radius 2 is 1.53 bits per heavy atom. The van der Waals surface area contributed by atoms with Gasteiger partial charge in [-0.2, -0.15) is 4.98 Å². The summed E-state index contributed by atoms with van der Waals surface area (Å²) in [4.78, 5) is 25.7. The van der Waals surface area contributed by atoms with E-state index in [0.717, 1.165) is 48.9 Å². The normalized spacial score (nSPS) is 13.9. The molecule has 0 aliphatic carbocycles. The van der Waals surface area contributed by atoms with Gasteiger partial charge in [-0.15, -0.1) is 0 Å². The number of carbonyl (C=O) groups is 1. The first-order valence-corrected chi connectivity index (χ1v) is 11.9. The molecule has 3 N–H and O–H groups in total. The number of nitrogens with one attached hydrogen (secondary N) is 1. The van der Waals surface area contributed by atoms with E-state index in [4.69, 9.17) is 10.5 Å². The number of rotatable bonds is 6. The molecular formula is C28H28N6O2. The number of piperazine rings is 1. The number of para-hydroxylation sites is 1. The molecule has 0 saturated carbocycles. The van der Waals surface area contributed by atoms with Gasteiger partial charge in [-0.05, 0) is 55.6 Å². The summed E-state index contributed by atoms with van der Waals surface area (Å²) in [5.41, 5.74) is 9.04. The summed E-state index contributed by atoms with van der Waals surface area (Å²) in [6.45, 7) is 3.27. The Bertz CT molecular complexity index is 1320. The maximum Gasteiger partial charge on any atom is 0.253 e. The summed E-state index contributed by atoms with van der Waals surface area (Å²) in [5.74, 6) is 2.31. The zero-order valence-electron chi connectivity index (χ0n) is 20.1. The van der Waals surface area contributed by atoms with Crippen LogP contribution in [-0.4, -0.2) is 58.9 Å². The van der Waals surface area contributed by atoms with Crippen LogP contribution in [0.2, 0.25) is 0 Å². The van der Waals surface area contributed by atoms with E-state index in [0.29, 0.717) is 17.1 Å². The van der Waals surface area contributed by atoms with Crippen LogP contribution in [0.5, 0.6) is 11.5 Å². The van der Waals surface area contributed by atoms with Gasteiger partial charge in [-0.25, -0.2) is 4.98 Å². The fourth-order valence-electron chi connectivity index (χ4n) is 4.03. The molecular weight excluding hydrogens is 452 g/mol. The summed E-state index contributed by atoms with van der Waals surface area (Å²) in [6, 6.07) is 26.5. The van der Waals surface area contributed by atoms with Crippen LogP contribution in [0.3, 0.4) is 0 Å². The summed E-state index contributed by atoms with van der Waals surface area (Å²) >= 11 is 0. The number of benzene rings is 3. The molecule has 8 nitrogen and oxygen atoms in total. The average molecular weight is 481 g/mol. The molecule has 0 spiro atoms. The summed E-state index contributed by atoms with van der Waals surface area (Å²) < 4.78 is 5.85. The second-order valence-corrected chi connectivity index (χ2v) is 8.73. The highest BCUT2D eigenvalue weighted by molar-refractivity contribution is 5.94. The van der Waals surface area contributed by atoms with Gasteiger partial charge in [-0.1, -0.05) is 30.3 Å². The minimum absolute atomic E-state index is 0.0545. The Morgan fingerprint density at radius 3 is 2.22 bits per heavy atom. The van der Waals surface area contributed by atoms with Gasteiger partial charge in [0.2, 0.25) is 5.95 Å². The monoisotopic (exact) mass is 480 g/mol. The number of hydrogen-bond acceptors (Lipinski definition) is 7. The third kappa shape index (κ3) is 5.61. The van der Waals surface area contributed by atoms with Crippen LogP contribution in [0.15, 0.2) is 84.9 Å². The number of likely N-dealkylation sites (N-methyl/N-ethyl adjacent to an activating group) is 1. The van der Waals surface area contributed by atoms with E-state index >= 15 is 0 Å². The standard InChI is InChI=1S/C28H28N6O2/c1-33-15-17-34(18-16-33)27(35)21-9-7-20(8-10-21)25-19-26(32-28(29)31-25)30-22-11-13-24(14-12-22)36-23-5-3-2-4-6-23/h2-14,19H,15-18H2,1H3,(H3,29,30,31,32). The summed E-state index contributed by atoms with van der Waals surface area (Å²) in [5, 5.41) is 3.27. The molecule has 1 aliphatic rings. The van der Waals surface area contributed by atoms with E-state index in [1.54, 1.807) is 0 Å². The molecule has 1 amide bonds. The van der Waals surface area contributed by atoms with Crippen LogP contribution in [0.25, 0.3) is 11.3 Å². The van der Waals surface area contributed by atoms with Gasteiger partial charge < -0.3 is 25.6 Å². The first kappa shape index (κ1) is 23.3. The number of carbonyl (C=O) groups excluding carboxylic acids is 1. The molecule has 1 fully saturated rings. The molecule has 0 atom stereocenters. The Balaban J connectivity index is 1.27. The van der Waals surface area contributed by atoms with Crippen molar-refractivity contribution in [3.05, 3.63) is 90.5 Å². The summed E-state index contributed by atoms with van der Waals surface area (Å²) in [7, 11) is 2.07. The van der Waals surface area contributed by atoms with Gasteiger partial charge in [0.15, 0.2) is 0 Å². The molecule has 4 aromatic rings. The van der Waals surface area contributed by atoms with Crippen LogP contribution in [0, 0.1) is 0 Å². The van der Waals surface area contributed by atoms with E-state index in [2.05, 4.69) is 27.2 Å². The SMILES string of the molecule is CN1CCN(C(=O)c2ccc(-c3cc(Nc4ccc(Oc5ccccc5)cc4)nc(N)n3)cc2)CC1. The van der Waals surface area contributed by atoms with Crippen LogP contribution in [-0.2, 0) is 0 Å². The predicted molar refractivity (Wildman–Crippen MR) is 142 cm³/mol. The lowest BCUT2D eigenvalue weighted by molar-refractivity contribution is 0.0664. The van der Waals surface area contributed by atoms with Crippen molar-refractivity contribution in [1.29, 1.82) is 0 Å². The Morgan fingerprint density at radius 1 is 0.861 bits per heavy atom. The molecule has 182 valence electrons. The smallest absolute Gasteiger partial charge is 0.253 e. The molecule has 1 saturated heterocycles.